The van der Waals surface area contributed by atoms with Gasteiger partial charge in [-0.1, -0.05) is 13.8 Å². The number of hydrogen-bond donors (Lipinski definition) is 1. The molecule has 2 rings (SSSR count). The van der Waals surface area contributed by atoms with Gasteiger partial charge in [-0.05, 0) is 19.4 Å². The Morgan fingerprint density at radius 2 is 2.25 bits per heavy atom. The van der Waals surface area contributed by atoms with Gasteiger partial charge < -0.3 is 5.32 Å². The molecule has 2 heterocycles. The van der Waals surface area contributed by atoms with E-state index in [0.717, 1.165) is 24.9 Å². The van der Waals surface area contributed by atoms with E-state index in [0.29, 0.717) is 6.04 Å². The average Bonchev–Trinajstić information content (AvgIpc) is 2.75. The molecule has 1 atom stereocenters. The summed E-state index contributed by atoms with van der Waals surface area (Å²) in [6.07, 6.45) is 9.66. The summed E-state index contributed by atoms with van der Waals surface area (Å²) in [7, 11) is 0. The highest BCUT2D eigenvalue weighted by atomic mass is 15.2. The van der Waals surface area contributed by atoms with Crippen molar-refractivity contribution in [2.45, 2.75) is 32.7 Å². The van der Waals surface area contributed by atoms with Gasteiger partial charge in [0.1, 0.15) is 0 Å². The Balaban J connectivity index is 2.30. The third kappa shape index (κ3) is 2.07. The molecule has 1 N–H and O–H groups in total. The van der Waals surface area contributed by atoms with Crippen LogP contribution in [0.1, 0.15) is 38.3 Å². The van der Waals surface area contributed by atoms with Crippen LogP contribution in [-0.4, -0.2) is 21.1 Å². The minimum atomic E-state index is 0.377. The summed E-state index contributed by atoms with van der Waals surface area (Å²) >= 11 is 0. The Bertz CT molecular complexity index is 449. The number of hydrogen-bond acceptors (Lipinski definition) is 3. The molecule has 2 aromatic rings. The molecule has 4 nitrogen and oxygen atoms in total. The Morgan fingerprint density at radius 3 is 3.00 bits per heavy atom. The van der Waals surface area contributed by atoms with E-state index in [-0.39, 0.29) is 0 Å². The van der Waals surface area contributed by atoms with Gasteiger partial charge in [0.25, 0.3) is 0 Å². The van der Waals surface area contributed by atoms with Crippen molar-refractivity contribution in [2.75, 3.05) is 6.54 Å². The van der Waals surface area contributed by atoms with Gasteiger partial charge in [0, 0.05) is 24.0 Å². The van der Waals surface area contributed by atoms with Crippen LogP contribution in [0.25, 0.3) is 5.52 Å². The molecule has 0 radical (unpaired) electrons. The summed E-state index contributed by atoms with van der Waals surface area (Å²) in [6, 6.07) is 0.377. The topological polar surface area (TPSA) is 42.2 Å². The molecule has 2 aromatic heterocycles. The molecular weight excluding hydrogens is 200 g/mol. The molecule has 0 fully saturated rings. The van der Waals surface area contributed by atoms with Gasteiger partial charge in [-0.2, -0.15) is 5.10 Å². The van der Waals surface area contributed by atoms with Crippen LogP contribution in [0.3, 0.4) is 0 Å². The number of aromatic nitrogens is 3. The Labute approximate surface area is 95.7 Å². The van der Waals surface area contributed by atoms with Gasteiger partial charge in [0.15, 0.2) is 0 Å². The second-order valence-corrected chi connectivity index (χ2v) is 3.92. The molecule has 0 bridgehead atoms. The normalized spacial score (nSPS) is 13.1. The lowest BCUT2D eigenvalue weighted by molar-refractivity contribution is 0.521. The molecule has 0 amide bonds. The Morgan fingerprint density at radius 1 is 1.38 bits per heavy atom. The third-order valence-electron chi connectivity index (χ3n) is 2.78. The highest BCUT2D eigenvalue weighted by Crippen LogP contribution is 2.20. The van der Waals surface area contributed by atoms with E-state index in [1.54, 1.807) is 6.20 Å². The summed E-state index contributed by atoms with van der Waals surface area (Å²) in [5.41, 5.74) is 2.34. The van der Waals surface area contributed by atoms with Gasteiger partial charge in [-0.15, -0.1) is 0 Å². The third-order valence-corrected chi connectivity index (χ3v) is 2.78. The zero-order valence-corrected chi connectivity index (χ0v) is 9.85. The molecule has 16 heavy (non-hydrogen) atoms. The molecule has 0 aliphatic rings. The van der Waals surface area contributed by atoms with Crippen LogP contribution in [0.4, 0.5) is 0 Å². The molecule has 0 aliphatic carbocycles. The van der Waals surface area contributed by atoms with Gasteiger partial charge in [0.05, 0.1) is 17.9 Å². The van der Waals surface area contributed by atoms with Gasteiger partial charge >= 0.3 is 0 Å². The van der Waals surface area contributed by atoms with E-state index in [4.69, 9.17) is 0 Å². The van der Waals surface area contributed by atoms with Crippen molar-refractivity contribution in [1.82, 2.24) is 19.9 Å². The predicted octanol–water partition coefficient (Wildman–Crippen LogP) is 2.18. The van der Waals surface area contributed by atoms with Gasteiger partial charge in [0.2, 0.25) is 0 Å². The van der Waals surface area contributed by atoms with Gasteiger partial charge in [-0.25, -0.2) is 4.52 Å². The molecule has 86 valence electrons. The monoisotopic (exact) mass is 218 g/mol. The summed E-state index contributed by atoms with van der Waals surface area (Å²) in [5.74, 6) is 0. The van der Waals surface area contributed by atoms with Crippen molar-refractivity contribution >= 4 is 5.52 Å². The van der Waals surface area contributed by atoms with Crippen molar-refractivity contribution in [1.29, 1.82) is 0 Å². The van der Waals surface area contributed by atoms with E-state index in [2.05, 4.69) is 29.2 Å². The highest BCUT2D eigenvalue weighted by molar-refractivity contribution is 5.53. The largest absolute Gasteiger partial charge is 0.310 e. The van der Waals surface area contributed by atoms with E-state index in [1.807, 2.05) is 23.1 Å². The zero-order valence-electron chi connectivity index (χ0n) is 9.85. The Kier molecular flexibility index (Phi) is 3.51. The van der Waals surface area contributed by atoms with Crippen LogP contribution < -0.4 is 5.32 Å². The van der Waals surface area contributed by atoms with Crippen molar-refractivity contribution in [3.63, 3.8) is 0 Å². The van der Waals surface area contributed by atoms with Gasteiger partial charge in [-0.3, -0.25) is 4.98 Å². The lowest BCUT2D eigenvalue weighted by Crippen LogP contribution is -2.21. The summed E-state index contributed by atoms with van der Waals surface area (Å²) in [5, 5.41) is 7.86. The van der Waals surface area contributed by atoms with Crippen molar-refractivity contribution in [3.05, 3.63) is 30.4 Å². The lowest BCUT2D eigenvalue weighted by Gasteiger charge is -2.15. The number of nitrogens with zero attached hydrogens (tertiary/aromatic N) is 3. The second kappa shape index (κ2) is 5.07. The van der Waals surface area contributed by atoms with E-state index >= 15 is 0 Å². The summed E-state index contributed by atoms with van der Waals surface area (Å²) in [4.78, 5) is 4.15. The minimum Gasteiger partial charge on any atom is -0.310 e. The molecule has 0 saturated heterocycles. The minimum absolute atomic E-state index is 0.377. The quantitative estimate of drug-likeness (QED) is 0.836. The molecule has 4 heteroatoms. The maximum absolute atomic E-state index is 4.33. The molecule has 0 aliphatic heterocycles. The first-order valence-electron chi connectivity index (χ1n) is 5.87. The lowest BCUT2D eigenvalue weighted by atomic mass is 10.1. The van der Waals surface area contributed by atoms with Crippen LogP contribution in [0, 0.1) is 0 Å². The number of rotatable bonds is 5. The maximum Gasteiger partial charge on any atom is 0.0892 e. The van der Waals surface area contributed by atoms with E-state index < -0.39 is 0 Å². The van der Waals surface area contributed by atoms with Crippen LogP contribution in [0.5, 0.6) is 0 Å². The summed E-state index contributed by atoms with van der Waals surface area (Å²) < 4.78 is 1.87. The standard InChI is InChI=1S/C12H18N4/c1-3-5-14-11(4-2)10-8-15-16-7-6-13-9-12(10)16/h6-9,11,14H,3-5H2,1-2H3. The van der Waals surface area contributed by atoms with Crippen molar-refractivity contribution in [3.8, 4) is 0 Å². The molecule has 0 saturated carbocycles. The van der Waals surface area contributed by atoms with Crippen LogP contribution in [0.2, 0.25) is 0 Å². The first-order chi connectivity index (χ1) is 7.86. The van der Waals surface area contributed by atoms with E-state index in [1.165, 1.54) is 5.56 Å². The Hall–Kier alpha value is -1.42. The van der Waals surface area contributed by atoms with Crippen LogP contribution >= 0.6 is 0 Å². The molecule has 0 spiro atoms. The maximum atomic E-state index is 4.33. The zero-order chi connectivity index (χ0) is 11.4. The fraction of sp³-hybridized carbons (Fsp3) is 0.500. The predicted molar refractivity (Wildman–Crippen MR) is 64.3 cm³/mol. The molecule has 1 unspecified atom stereocenters. The van der Waals surface area contributed by atoms with Crippen molar-refractivity contribution in [2.24, 2.45) is 0 Å². The van der Waals surface area contributed by atoms with Crippen LogP contribution in [0.15, 0.2) is 24.8 Å². The first-order valence-corrected chi connectivity index (χ1v) is 5.87. The number of nitrogens with one attached hydrogen (secondary N) is 1. The fourth-order valence-corrected chi connectivity index (χ4v) is 1.91. The fourth-order valence-electron chi connectivity index (χ4n) is 1.91. The summed E-state index contributed by atoms with van der Waals surface area (Å²) in [6.45, 7) is 5.40. The SMILES string of the molecule is CCCNC(CC)c1cnn2ccncc12. The highest BCUT2D eigenvalue weighted by Gasteiger charge is 2.13. The van der Waals surface area contributed by atoms with Crippen molar-refractivity contribution < 1.29 is 0 Å². The van der Waals surface area contributed by atoms with Crippen LogP contribution in [-0.2, 0) is 0 Å². The molecule has 0 aromatic carbocycles. The van der Waals surface area contributed by atoms with E-state index in [9.17, 15) is 0 Å². The first kappa shape index (κ1) is 11.1. The smallest absolute Gasteiger partial charge is 0.0892 e. The molecular formula is C12H18N4. The average molecular weight is 218 g/mol. The number of fused-ring (bicyclic) bond motifs is 1. The second-order valence-electron chi connectivity index (χ2n) is 3.92.